The second-order valence-electron chi connectivity index (χ2n) is 5.17. The Balaban J connectivity index is 2.07. The van der Waals surface area contributed by atoms with Crippen LogP contribution in [0.4, 0.5) is 4.39 Å². The summed E-state index contributed by atoms with van der Waals surface area (Å²) in [5.41, 5.74) is 1.78. The molecule has 1 heterocycles. The smallest absolute Gasteiger partial charge is 0.124 e. The fourth-order valence-electron chi connectivity index (χ4n) is 1.87. The molecule has 2 rings (SSSR count). The summed E-state index contributed by atoms with van der Waals surface area (Å²) >= 11 is 1.61. The number of aryl methyl sites for hydroxylation is 1. The average molecular weight is 278 g/mol. The zero-order chi connectivity index (χ0) is 13.8. The fourth-order valence-corrected chi connectivity index (χ4v) is 2.74. The number of nitrogens with one attached hydrogen (secondary N) is 1. The monoisotopic (exact) mass is 278 g/mol. The summed E-state index contributed by atoms with van der Waals surface area (Å²) in [7, 11) is 0. The highest BCUT2D eigenvalue weighted by molar-refractivity contribution is 7.15. The summed E-state index contributed by atoms with van der Waals surface area (Å²) in [6.45, 7) is 8.07. The van der Waals surface area contributed by atoms with Gasteiger partial charge in [0, 0.05) is 23.2 Å². The molecule has 0 aliphatic carbocycles. The molecule has 2 aromatic rings. The molecule has 0 saturated carbocycles. The lowest BCUT2D eigenvalue weighted by Gasteiger charge is -2.04. The average Bonchev–Trinajstić information content (AvgIpc) is 2.76. The lowest BCUT2D eigenvalue weighted by atomic mass is 10.1. The summed E-state index contributed by atoms with van der Waals surface area (Å²) in [5, 5.41) is 4.26. The van der Waals surface area contributed by atoms with Crippen LogP contribution < -0.4 is 5.32 Å². The van der Waals surface area contributed by atoms with Crippen molar-refractivity contribution in [3.63, 3.8) is 0 Å². The third-order valence-corrected chi connectivity index (χ3v) is 3.74. The molecular formula is C15H19FN2S. The largest absolute Gasteiger partial charge is 0.312 e. The van der Waals surface area contributed by atoms with Gasteiger partial charge in [-0.1, -0.05) is 13.8 Å². The van der Waals surface area contributed by atoms with Crippen LogP contribution in [0, 0.1) is 18.7 Å². The Bertz CT molecular complexity index is 529. The first-order valence-corrected chi connectivity index (χ1v) is 7.29. The van der Waals surface area contributed by atoms with Gasteiger partial charge in [-0.25, -0.2) is 9.37 Å². The fraction of sp³-hybridized carbons (Fsp3) is 0.400. The Morgan fingerprint density at radius 3 is 2.79 bits per heavy atom. The van der Waals surface area contributed by atoms with Crippen LogP contribution in [0.3, 0.4) is 0 Å². The van der Waals surface area contributed by atoms with Gasteiger partial charge in [-0.05, 0) is 43.1 Å². The van der Waals surface area contributed by atoms with E-state index >= 15 is 0 Å². The quantitative estimate of drug-likeness (QED) is 0.894. The van der Waals surface area contributed by atoms with Gasteiger partial charge in [0.1, 0.15) is 10.8 Å². The van der Waals surface area contributed by atoms with E-state index in [9.17, 15) is 4.39 Å². The third-order valence-electron chi connectivity index (χ3n) is 2.69. The van der Waals surface area contributed by atoms with Gasteiger partial charge >= 0.3 is 0 Å². The molecule has 19 heavy (non-hydrogen) atoms. The highest BCUT2D eigenvalue weighted by Gasteiger charge is 2.07. The van der Waals surface area contributed by atoms with Crippen LogP contribution in [-0.2, 0) is 6.54 Å². The Kier molecular flexibility index (Phi) is 4.66. The van der Waals surface area contributed by atoms with Crippen LogP contribution in [0.1, 0.15) is 24.3 Å². The lowest BCUT2D eigenvalue weighted by molar-refractivity contribution is 0.554. The summed E-state index contributed by atoms with van der Waals surface area (Å²) in [6.07, 6.45) is 1.87. The number of thiazole rings is 1. The molecule has 0 amide bonds. The van der Waals surface area contributed by atoms with E-state index in [-0.39, 0.29) is 5.82 Å². The molecule has 1 aromatic carbocycles. The van der Waals surface area contributed by atoms with Crippen LogP contribution >= 0.6 is 11.3 Å². The highest BCUT2D eigenvalue weighted by atomic mass is 32.1. The van der Waals surface area contributed by atoms with Crippen LogP contribution in [-0.4, -0.2) is 11.5 Å². The minimum absolute atomic E-state index is 0.204. The van der Waals surface area contributed by atoms with E-state index in [0.717, 1.165) is 29.2 Å². The van der Waals surface area contributed by atoms with Gasteiger partial charge in [0.25, 0.3) is 0 Å². The minimum Gasteiger partial charge on any atom is -0.312 e. The molecule has 0 radical (unpaired) electrons. The molecule has 0 saturated heterocycles. The zero-order valence-corrected chi connectivity index (χ0v) is 12.4. The molecule has 4 heteroatoms. The predicted molar refractivity (Wildman–Crippen MR) is 78.8 cm³/mol. The van der Waals surface area contributed by atoms with Crippen LogP contribution in [0.5, 0.6) is 0 Å². The van der Waals surface area contributed by atoms with Crippen LogP contribution in [0.2, 0.25) is 0 Å². The van der Waals surface area contributed by atoms with E-state index in [1.165, 1.54) is 17.0 Å². The first-order valence-electron chi connectivity index (χ1n) is 6.47. The number of rotatable bonds is 5. The zero-order valence-electron chi connectivity index (χ0n) is 11.5. The summed E-state index contributed by atoms with van der Waals surface area (Å²) in [4.78, 5) is 5.56. The SMILES string of the molecule is Cc1cc(F)cc(-c2ncc(CNCC(C)C)s2)c1. The van der Waals surface area contributed by atoms with E-state index in [4.69, 9.17) is 0 Å². The van der Waals surface area contributed by atoms with Crippen molar-refractivity contribution in [3.05, 3.63) is 40.7 Å². The summed E-state index contributed by atoms with van der Waals surface area (Å²) in [5.74, 6) is 0.433. The Morgan fingerprint density at radius 2 is 2.11 bits per heavy atom. The molecule has 1 N–H and O–H groups in total. The van der Waals surface area contributed by atoms with E-state index in [0.29, 0.717) is 5.92 Å². The van der Waals surface area contributed by atoms with Crippen molar-refractivity contribution in [2.75, 3.05) is 6.54 Å². The second kappa shape index (κ2) is 6.26. The van der Waals surface area contributed by atoms with Crippen molar-refractivity contribution in [2.24, 2.45) is 5.92 Å². The maximum Gasteiger partial charge on any atom is 0.124 e. The van der Waals surface area contributed by atoms with E-state index in [2.05, 4.69) is 24.1 Å². The minimum atomic E-state index is -0.204. The molecule has 0 fully saturated rings. The van der Waals surface area contributed by atoms with Gasteiger partial charge in [0.15, 0.2) is 0 Å². The number of halogens is 1. The van der Waals surface area contributed by atoms with Crippen molar-refractivity contribution in [1.82, 2.24) is 10.3 Å². The maximum absolute atomic E-state index is 13.4. The lowest BCUT2D eigenvalue weighted by Crippen LogP contribution is -2.18. The Labute approximate surface area is 117 Å². The van der Waals surface area contributed by atoms with Gasteiger partial charge < -0.3 is 5.32 Å². The van der Waals surface area contributed by atoms with Gasteiger partial charge in [0.05, 0.1) is 0 Å². The molecule has 0 spiro atoms. The third kappa shape index (κ3) is 4.11. The Morgan fingerprint density at radius 1 is 1.32 bits per heavy atom. The topological polar surface area (TPSA) is 24.9 Å². The maximum atomic E-state index is 13.4. The van der Waals surface area contributed by atoms with Crippen molar-refractivity contribution >= 4 is 11.3 Å². The predicted octanol–water partition coefficient (Wildman–Crippen LogP) is 4.00. The number of benzene rings is 1. The highest BCUT2D eigenvalue weighted by Crippen LogP contribution is 2.26. The van der Waals surface area contributed by atoms with E-state index in [1.54, 1.807) is 11.3 Å². The standard InChI is InChI=1S/C15H19FN2S/c1-10(2)7-17-8-14-9-18-15(19-14)12-4-11(3)5-13(16)6-12/h4-6,9-10,17H,7-8H2,1-3H3. The molecule has 0 bridgehead atoms. The van der Waals surface area contributed by atoms with E-state index < -0.39 is 0 Å². The van der Waals surface area contributed by atoms with Crippen molar-refractivity contribution in [3.8, 4) is 10.6 Å². The van der Waals surface area contributed by atoms with Gasteiger partial charge in [-0.3, -0.25) is 0 Å². The summed E-state index contributed by atoms with van der Waals surface area (Å²) in [6, 6.07) is 5.03. The van der Waals surface area contributed by atoms with Crippen molar-refractivity contribution in [1.29, 1.82) is 0 Å². The first-order chi connectivity index (χ1) is 9.04. The van der Waals surface area contributed by atoms with Crippen LogP contribution in [0.25, 0.3) is 10.6 Å². The number of aromatic nitrogens is 1. The number of hydrogen-bond donors (Lipinski definition) is 1. The number of nitrogens with zero attached hydrogens (tertiary/aromatic N) is 1. The van der Waals surface area contributed by atoms with E-state index in [1.807, 2.05) is 19.2 Å². The van der Waals surface area contributed by atoms with Crippen LogP contribution in [0.15, 0.2) is 24.4 Å². The molecule has 102 valence electrons. The normalized spacial score (nSPS) is 11.2. The molecule has 2 nitrogen and oxygen atoms in total. The Hall–Kier alpha value is -1.26. The molecule has 1 aromatic heterocycles. The van der Waals surface area contributed by atoms with Gasteiger partial charge in [0.2, 0.25) is 0 Å². The second-order valence-corrected chi connectivity index (χ2v) is 6.29. The molecule has 0 aliphatic rings. The molecule has 0 atom stereocenters. The first kappa shape index (κ1) is 14.2. The van der Waals surface area contributed by atoms with Gasteiger partial charge in [-0.2, -0.15) is 0 Å². The summed E-state index contributed by atoms with van der Waals surface area (Å²) < 4.78 is 13.4. The van der Waals surface area contributed by atoms with Gasteiger partial charge in [-0.15, -0.1) is 11.3 Å². The molecule has 0 aliphatic heterocycles. The molecular weight excluding hydrogens is 259 g/mol. The molecule has 0 unspecified atom stereocenters. The van der Waals surface area contributed by atoms with Crippen molar-refractivity contribution in [2.45, 2.75) is 27.3 Å². The van der Waals surface area contributed by atoms with Crippen molar-refractivity contribution < 1.29 is 4.39 Å². The number of hydrogen-bond acceptors (Lipinski definition) is 3.